The highest BCUT2D eigenvalue weighted by molar-refractivity contribution is 6.30. The molecule has 4 nitrogen and oxygen atoms in total. The summed E-state index contributed by atoms with van der Waals surface area (Å²) in [6.07, 6.45) is 0. The highest BCUT2D eigenvalue weighted by atomic mass is 35.5. The molecule has 3 rings (SSSR count). The van der Waals surface area contributed by atoms with Crippen molar-refractivity contribution < 1.29 is 0 Å². The summed E-state index contributed by atoms with van der Waals surface area (Å²) in [7, 11) is 0. The third kappa shape index (κ3) is 4.96. The van der Waals surface area contributed by atoms with E-state index >= 15 is 0 Å². The van der Waals surface area contributed by atoms with E-state index in [1.165, 1.54) is 5.56 Å². The molecule has 26 heavy (non-hydrogen) atoms. The number of hydrogen-bond donors (Lipinski definition) is 1. The number of nitrogens with one attached hydrogen (secondary N) is 1. The summed E-state index contributed by atoms with van der Waals surface area (Å²) in [6.45, 7) is 6.46. The van der Waals surface area contributed by atoms with Gasteiger partial charge in [0.05, 0.1) is 0 Å². The first-order valence-corrected chi connectivity index (χ1v) is 9.14. The molecule has 0 spiro atoms. The summed E-state index contributed by atoms with van der Waals surface area (Å²) >= 11 is 5.94. The largest absolute Gasteiger partial charge is 0.366 e. The molecule has 0 saturated carbocycles. The van der Waals surface area contributed by atoms with Crippen LogP contribution < -0.4 is 10.2 Å². The SMILES string of the molecule is CCN(Cc1ccccc1)c1cc(NCc2ccc(Cl)cc2)nc(C)n1. The van der Waals surface area contributed by atoms with Crippen LogP contribution in [0.5, 0.6) is 0 Å². The van der Waals surface area contributed by atoms with Crippen LogP contribution in [0, 0.1) is 6.92 Å². The number of aromatic nitrogens is 2. The Morgan fingerprint density at radius 1 is 0.962 bits per heavy atom. The molecule has 1 N–H and O–H groups in total. The van der Waals surface area contributed by atoms with Crippen LogP contribution >= 0.6 is 11.6 Å². The van der Waals surface area contributed by atoms with Gasteiger partial charge in [0.2, 0.25) is 0 Å². The fourth-order valence-electron chi connectivity index (χ4n) is 2.76. The fourth-order valence-corrected chi connectivity index (χ4v) is 2.88. The maximum absolute atomic E-state index is 5.94. The van der Waals surface area contributed by atoms with E-state index in [4.69, 9.17) is 11.6 Å². The van der Waals surface area contributed by atoms with Gasteiger partial charge < -0.3 is 10.2 Å². The Balaban J connectivity index is 1.74. The van der Waals surface area contributed by atoms with Crippen molar-refractivity contribution in [2.24, 2.45) is 0 Å². The summed E-state index contributed by atoms with van der Waals surface area (Å²) in [5, 5.41) is 4.13. The first-order valence-electron chi connectivity index (χ1n) is 8.77. The summed E-state index contributed by atoms with van der Waals surface area (Å²) < 4.78 is 0. The Hall–Kier alpha value is -2.59. The molecule has 3 aromatic rings. The van der Waals surface area contributed by atoms with Gasteiger partial charge in [0.15, 0.2) is 0 Å². The maximum Gasteiger partial charge on any atom is 0.134 e. The van der Waals surface area contributed by atoms with Crippen molar-refractivity contribution in [1.82, 2.24) is 9.97 Å². The number of rotatable bonds is 7. The van der Waals surface area contributed by atoms with Crippen LogP contribution in [0.4, 0.5) is 11.6 Å². The van der Waals surface area contributed by atoms with E-state index in [-0.39, 0.29) is 0 Å². The van der Waals surface area contributed by atoms with Crippen molar-refractivity contribution in [3.63, 3.8) is 0 Å². The van der Waals surface area contributed by atoms with E-state index in [2.05, 4.69) is 51.4 Å². The zero-order chi connectivity index (χ0) is 18.4. The van der Waals surface area contributed by atoms with Crippen molar-refractivity contribution in [3.8, 4) is 0 Å². The normalized spacial score (nSPS) is 10.6. The van der Waals surface area contributed by atoms with Gasteiger partial charge in [0, 0.05) is 30.7 Å². The molecular weight excluding hydrogens is 344 g/mol. The summed E-state index contributed by atoms with van der Waals surface area (Å²) in [4.78, 5) is 11.4. The Labute approximate surface area is 159 Å². The lowest BCUT2D eigenvalue weighted by atomic mass is 10.2. The van der Waals surface area contributed by atoms with Gasteiger partial charge in [0.1, 0.15) is 17.5 Å². The van der Waals surface area contributed by atoms with E-state index < -0.39 is 0 Å². The number of nitrogens with zero attached hydrogens (tertiary/aromatic N) is 3. The topological polar surface area (TPSA) is 41.0 Å². The molecule has 0 fully saturated rings. The zero-order valence-electron chi connectivity index (χ0n) is 15.1. The second-order valence-electron chi connectivity index (χ2n) is 6.14. The van der Waals surface area contributed by atoms with Crippen LogP contribution in [0.15, 0.2) is 60.7 Å². The highest BCUT2D eigenvalue weighted by Gasteiger charge is 2.10. The predicted octanol–water partition coefficient (Wildman–Crippen LogP) is 5.08. The standard InChI is InChI=1S/C21H23ClN4/c1-3-26(15-18-7-5-4-6-8-18)21-13-20(24-16(2)25-21)23-14-17-9-11-19(22)12-10-17/h4-13H,3,14-15H2,1-2H3,(H,23,24,25). The monoisotopic (exact) mass is 366 g/mol. The number of aryl methyl sites for hydroxylation is 1. The Morgan fingerprint density at radius 2 is 1.69 bits per heavy atom. The average Bonchev–Trinajstić information content (AvgIpc) is 2.66. The number of halogens is 1. The lowest BCUT2D eigenvalue weighted by molar-refractivity contribution is 0.804. The van der Waals surface area contributed by atoms with Crippen LogP contribution in [-0.2, 0) is 13.1 Å². The Morgan fingerprint density at radius 3 is 2.38 bits per heavy atom. The molecule has 0 bridgehead atoms. The summed E-state index contributed by atoms with van der Waals surface area (Å²) in [6, 6.07) is 20.3. The van der Waals surface area contributed by atoms with Gasteiger partial charge in [0.25, 0.3) is 0 Å². The van der Waals surface area contributed by atoms with E-state index in [1.54, 1.807) is 0 Å². The van der Waals surface area contributed by atoms with E-state index in [0.29, 0.717) is 6.54 Å². The fraction of sp³-hybridized carbons (Fsp3) is 0.238. The molecule has 134 valence electrons. The molecule has 0 radical (unpaired) electrons. The molecule has 2 aromatic carbocycles. The third-order valence-electron chi connectivity index (χ3n) is 4.13. The van der Waals surface area contributed by atoms with Crippen molar-refractivity contribution in [3.05, 3.63) is 82.6 Å². The smallest absolute Gasteiger partial charge is 0.134 e. The maximum atomic E-state index is 5.94. The molecule has 0 atom stereocenters. The molecule has 0 aliphatic carbocycles. The van der Waals surface area contributed by atoms with Gasteiger partial charge in [-0.05, 0) is 37.1 Å². The molecule has 0 saturated heterocycles. The van der Waals surface area contributed by atoms with Crippen molar-refractivity contribution >= 4 is 23.2 Å². The first kappa shape index (κ1) is 18.2. The minimum atomic E-state index is 0.692. The number of hydrogen-bond acceptors (Lipinski definition) is 4. The molecule has 5 heteroatoms. The average molecular weight is 367 g/mol. The van der Waals surface area contributed by atoms with Gasteiger partial charge in [-0.25, -0.2) is 9.97 Å². The van der Waals surface area contributed by atoms with E-state index in [0.717, 1.165) is 41.1 Å². The quantitative estimate of drug-likeness (QED) is 0.633. The van der Waals surface area contributed by atoms with Gasteiger partial charge in [-0.1, -0.05) is 54.1 Å². The van der Waals surface area contributed by atoms with Crippen molar-refractivity contribution in [1.29, 1.82) is 0 Å². The van der Waals surface area contributed by atoms with Crippen molar-refractivity contribution in [2.75, 3.05) is 16.8 Å². The second kappa shape index (κ2) is 8.68. The van der Waals surface area contributed by atoms with Crippen molar-refractivity contribution in [2.45, 2.75) is 26.9 Å². The van der Waals surface area contributed by atoms with Gasteiger partial charge in [-0.3, -0.25) is 0 Å². The third-order valence-corrected chi connectivity index (χ3v) is 4.39. The summed E-state index contributed by atoms with van der Waals surface area (Å²) in [5.41, 5.74) is 2.42. The predicted molar refractivity (Wildman–Crippen MR) is 109 cm³/mol. The number of anilines is 2. The molecule has 0 aliphatic heterocycles. The Bertz CT molecular complexity index is 834. The van der Waals surface area contributed by atoms with Crippen LogP contribution in [0.1, 0.15) is 23.9 Å². The van der Waals surface area contributed by atoms with Gasteiger partial charge in [-0.2, -0.15) is 0 Å². The van der Waals surface area contributed by atoms with Crippen LogP contribution in [0.2, 0.25) is 5.02 Å². The molecule has 0 amide bonds. The lowest BCUT2D eigenvalue weighted by Gasteiger charge is -2.23. The summed E-state index contributed by atoms with van der Waals surface area (Å²) in [5.74, 6) is 2.52. The number of benzene rings is 2. The Kier molecular flexibility index (Phi) is 6.08. The molecular formula is C21H23ClN4. The van der Waals surface area contributed by atoms with E-state index in [1.807, 2.05) is 43.3 Å². The minimum absolute atomic E-state index is 0.692. The highest BCUT2D eigenvalue weighted by Crippen LogP contribution is 2.19. The molecule has 0 unspecified atom stereocenters. The lowest BCUT2D eigenvalue weighted by Crippen LogP contribution is -2.23. The van der Waals surface area contributed by atoms with Crippen LogP contribution in [0.3, 0.4) is 0 Å². The molecule has 1 heterocycles. The zero-order valence-corrected chi connectivity index (χ0v) is 15.9. The van der Waals surface area contributed by atoms with Gasteiger partial charge >= 0.3 is 0 Å². The first-order chi connectivity index (χ1) is 12.6. The second-order valence-corrected chi connectivity index (χ2v) is 6.57. The van der Waals surface area contributed by atoms with Gasteiger partial charge in [-0.15, -0.1) is 0 Å². The van der Waals surface area contributed by atoms with Crippen LogP contribution in [-0.4, -0.2) is 16.5 Å². The molecule has 0 aliphatic rings. The minimum Gasteiger partial charge on any atom is -0.366 e. The van der Waals surface area contributed by atoms with E-state index in [9.17, 15) is 0 Å². The molecule has 1 aromatic heterocycles. The van der Waals surface area contributed by atoms with Crippen LogP contribution in [0.25, 0.3) is 0 Å².